The molecule has 0 unspecified atom stereocenters. The summed E-state index contributed by atoms with van der Waals surface area (Å²) in [6, 6.07) is 2.09. The van der Waals surface area contributed by atoms with E-state index >= 15 is 0 Å². The standard InChI is InChI=1S/C14H17N3S/c1-8(2)12-14-10(5-6-15-12)13-11(7-17(14)4)18-9(3)16-13/h5-6,8H,7H2,1-4H3. The lowest BCUT2D eigenvalue weighted by atomic mass is 9.98. The lowest BCUT2D eigenvalue weighted by molar-refractivity contribution is 0.798. The molecule has 1 aliphatic heterocycles. The zero-order chi connectivity index (χ0) is 12.9. The Morgan fingerprint density at radius 2 is 2.17 bits per heavy atom. The number of hydrogen-bond donors (Lipinski definition) is 0. The maximum atomic E-state index is 4.69. The van der Waals surface area contributed by atoms with E-state index < -0.39 is 0 Å². The van der Waals surface area contributed by atoms with Crippen LogP contribution in [0.3, 0.4) is 0 Å². The molecular formula is C14H17N3S. The van der Waals surface area contributed by atoms with Crippen LogP contribution in [0.5, 0.6) is 0 Å². The molecule has 1 aliphatic rings. The quantitative estimate of drug-likeness (QED) is 0.783. The predicted octanol–water partition coefficient (Wildman–Crippen LogP) is 3.59. The average molecular weight is 259 g/mol. The van der Waals surface area contributed by atoms with Gasteiger partial charge in [0.25, 0.3) is 0 Å². The Morgan fingerprint density at radius 3 is 2.89 bits per heavy atom. The fraction of sp³-hybridized carbons (Fsp3) is 0.429. The molecule has 0 amide bonds. The fourth-order valence-electron chi connectivity index (χ4n) is 2.57. The van der Waals surface area contributed by atoms with Crippen molar-refractivity contribution in [3.63, 3.8) is 0 Å². The third-order valence-corrected chi connectivity index (χ3v) is 4.28. The molecule has 0 radical (unpaired) electrons. The Bertz CT molecular complexity index is 601. The zero-order valence-corrected chi connectivity index (χ0v) is 12.0. The van der Waals surface area contributed by atoms with Gasteiger partial charge in [0.1, 0.15) is 0 Å². The van der Waals surface area contributed by atoms with Crippen LogP contribution in [-0.2, 0) is 6.54 Å². The lowest BCUT2D eigenvalue weighted by Gasteiger charge is -2.29. The summed E-state index contributed by atoms with van der Waals surface area (Å²) in [7, 11) is 2.14. The van der Waals surface area contributed by atoms with Crippen LogP contribution in [0.4, 0.5) is 5.69 Å². The molecule has 2 aromatic rings. The monoisotopic (exact) mass is 259 g/mol. The predicted molar refractivity (Wildman–Crippen MR) is 76.3 cm³/mol. The van der Waals surface area contributed by atoms with E-state index in [4.69, 9.17) is 4.98 Å². The van der Waals surface area contributed by atoms with Gasteiger partial charge < -0.3 is 4.90 Å². The number of hydrogen-bond acceptors (Lipinski definition) is 4. The summed E-state index contributed by atoms with van der Waals surface area (Å²) < 4.78 is 0. The van der Waals surface area contributed by atoms with Crippen LogP contribution in [0.1, 0.15) is 35.3 Å². The first-order valence-corrected chi connectivity index (χ1v) is 7.06. The second-order valence-electron chi connectivity index (χ2n) is 5.11. The van der Waals surface area contributed by atoms with Gasteiger partial charge in [0.2, 0.25) is 0 Å². The minimum Gasteiger partial charge on any atom is -0.367 e. The molecule has 94 valence electrons. The summed E-state index contributed by atoms with van der Waals surface area (Å²) in [5.74, 6) is 0.434. The van der Waals surface area contributed by atoms with Gasteiger partial charge in [0.05, 0.1) is 33.5 Å². The Morgan fingerprint density at radius 1 is 1.39 bits per heavy atom. The lowest BCUT2D eigenvalue weighted by Crippen LogP contribution is -2.23. The molecular weight excluding hydrogens is 242 g/mol. The number of aromatic nitrogens is 2. The fourth-order valence-corrected chi connectivity index (χ4v) is 3.57. The summed E-state index contributed by atoms with van der Waals surface area (Å²) in [6.07, 6.45) is 1.91. The van der Waals surface area contributed by atoms with Crippen molar-refractivity contribution in [2.24, 2.45) is 0 Å². The highest BCUT2D eigenvalue weighted by molar-refractivity contribution is 7.12. The van der Waals surface area contributed by atoms with E-state index in [9.17, 15) is 0 Å². The van der Waals surface area contributed by atoms with Crippen LogP contribution in [0, 0.1) is 6.92 Å². The molecule has 0 saturated heterocycles. The van der Waals surface area contributed by atoms with Crippen LogP contribution in [0.15, 0.2) is 12.3 Å². The van der Waals surface area contributed by atoms with Crippen LogP contribution >= 0.6 is 11.3 Å². The maximum Gasteiger partial charge on any atom is 0.0905 e. The molecule has 0 aromatic carbocycles. The van der Waals surface area contributed by atoms with E-state index in [0.29, 0.717) is 5.92 Å². The third-order valence-electron chi connectivity index (χ3n) is 3.32. The second-order valence-corrected chi connectivity index (χ2v) is 6.40. The summed E-state index contributed by atoms with van der Waals surface area (Å²) in [4.78, 5) is 12.9. The third kappa shape index (κ3) is 1.63. The van der Waals surface area contributed by atoms with Gasteiger partial charge in [-0.1, -0.05) is 13.8 Å². The van der Waals surface area contributed by atoms with Crippen LogP contribution in [0.25, 0.3) is 11.3 Å². The van der Waals surface area contributed by atoms with Gasteiger partial charge in [0.15, 0.2) is 0 Å². The number of rotatable bonds is 1. The zero-order valence-electron chi connectivity index (χ0n) is 11.2. The molecule has 3 nitrogen and oxygen atoms in total. The van der Waals surface area contributed by atoms with Crippen molar-refractivity contribution in [1.29, 1.82) is 0 Å². The first-order chi connectivity index (χ1) is 8.58. The molecule has 0 bridgehead atoms. The molecule has 0 aliphatic carbocycles. The SMILES string of the molecule is Cc1nc2c(s1)CN(C)c1c-2ccnc1C(C)C. The Kier molecular flexibility index (Phi) is 2.63. The van der Waals surface area contributed by atoms with E-state index in [0.717, 1.165) is 17.2 Å². The van der Waals surface area contributed by atoms with E-state index in [-0.39, 0.29) is 0 Å². The van der Waals surface area contributed by atoms with E-state index in [2.05, 4.69) is 43.8 Å². The molecule has 0 N–H and O–H groups in total. The largest absolute Gasteiger partial charge is 0.367 e. The Labute approximate surface area is 112 Å². The van der Waals surface area contributed by atoms with Crippen molar-refractivity contribution >= 4 is 17.0 Å². The molecule has 18 heavy (non-hydrogen) atoms. The van der Waals surface area contributed by atoms with Gasteiger partial charge in [-0.05, 0) is 18.9 Å². The molecule has 4 heteroatoms. The Hall–Kier alpha value is -1.42. The molecule has 0 fully saturated rings. The van der Waals surface area contributed by atoms with Crippen molar-refractivity contribution < 1.29 is 0 Å². The first kappa shape index (κ1) is 11.7. The van der Waals surface area contributed by atoms with E-state index in [1.54, 1.807) is 11.3 Å². The average Bonchev–Trinajstić information content (AvgIpc) is 2.69. The number of thiazole rings is 1. The van der Waals surface area contributed by atoms with E-state index in [1.807, 2.05) is 6.20 Å². The van der Waals surface area contributed by atoms with Crippen molar-refractivity contribution in [3.05, 3.63) is 27.8 Å². The minimum atomic E-state index is 0.434. The normalized spacial score (nSPS) is 13.7. The van der Waals surface area contributed by atoms with Crippen LogP contribution in [0.2, 0.25) is 0 Å². The van der Waals surface area contributed by atoms with Gasteiger partial charge in [0, 0.05) is 18.8 Å². The van der Waals surface area contributed by atoms with Crippen LogP contribution < -0.4 is 4.90 Å². The molecule has 3 heterocycles. The van der Waals surface area contributed by atoms with Gasteiger partial charge in [-0.15, -0.1) is 11.3 Å². The van der Waals surface area contributed by atoms with Gasteiger partial charge in [-0.25, -0.2) is 4.98 Å². The summed E-state index contributed by atoms with van der Waals surface area (Å²) in [6.45, 7) is 7.41. The van der Waals surface area contributed by atoms with Gasteiger partial charge >= 0.3 is 0 Å². The molecule has 0 saturated carbocycles. The highest BCUT2D eigenvalue weighted by atomic mass is 32.1. The number of anilines is 1. The summed E-state index contributed by atoms with van der Waals surface area (Å²) in [5, 5.41) is 1.14. The van der Waals surface area contributed by atoms with E-state index in [1.165, 1.54) is 21.8 Å². The van der Waals surface area contributed by atoms with Crippen molar-refractivity contribution in [2.45, 2.75) is 33.2 Å². The highest BCUT2D eigenvalue weighted by Gasteiger charge is 2.26. The van der Waals surface area contributed by atoms with Crippen molar-refractivity contribution in [2.75, 3.05) is 11.9 Å². The number of aryl methyl sites for hydroxylation is 1. The highest BCUT2D eigenvalue weighted by Crippen LogP contribution is 2.42. The number of nitrogens with zero attached hydrogens (tertiary/aromatic N) is 3. The van der Waals surface area contributed by atoms with Gasteiger partial charge in [-0.3, -0.25) is 4.98 Å². The van der Waals surface area contributed by atoms with Gasteiger partial charge in [-0.2, -0.15) is 0 Å². The second kappa shape index (κ2) is 4.05. The van der Waals surface area contributed by atoms with Crippen molar-refractivity contribution in [3.8, 4) is 11.3 Å². The van der Waals surface area contributed by atoms with Crippen LogP contribution in [-0.4, -0.2) is 17.0 Å². The summed E-state index contributed by atoms with van der Waals surface area (Å²) in [5.41, 5.74) is 4.83. The molecule has 3 rings (SSSR count). The molecule has 2 aromatic heterocycles. The number of fused-ring (bicyclic) bond motifs is 3. The van der Waals surface area contributed by atoms with Crippen molar-refractivity contribution in [1.82, 2.24) is 9.97 Å². The summed E-state index contributed by atoms with van der Waals surface area (Å²) >= 11 is 1.80. The first-order valence-electron chi connectivity index (χ1n) is 6.24. The Balaban J connectivity index is 2.28. The topological polar surface area (TPSA) is 29.0 Å². The minimum absolute atomic E-state index is 0.434. The maximum absolute atomic E-state index is 4.69. The number of pyridine rings is 1. The molecule has 0 atom stereocenters. The molecule has 0 spiro atoms. The smallest absolute Gasteiger partial charge is 0.0905 e.